The smallest absolute Gasteiger partial charge is 0.181 e. The molecule has 0 radical (unpaired) electrons. The van der Waals surface area contributed by atoms with E-state index in [1.165, 1.54) is 0 Å². The maximum absolute atomic E-state index is 8.69. The lowest BCUT2D eigenvalue weighted by Crippen LogP contribution is -2.35. The standard InChI is InChI=1S/C14H20N2O/c1-11(9-15)17-13-7-5-6-12(8-13)10-16-14(2,3)4/h5-8,11,16H,10H2,1-4H3. The van der Waals surface area contributed by atoms with E-state index in [9.17, 15) is 0 Å². The van der Waals surface area contributed by atoms with Crippen molar-refractivity contribution in [2.24, 2.45) is 0 Å². The third-order valence-electron chi connectivity index (χ3n) is 2.22. The molecule has 0 aliphatic rings. The SMILES string of the molecule is CC(C#N)Oc1cccc(CNC(C)(C)C)c1. The minimum atomic E-state index is -0.416. The molecule has 17 heavy (non-hydrogen) atoms. The van der Waals surface area contributed by atoms with Gasteiger partial charge in [-0.2, -0.15) is 5.26 Å². The molecule has 0 amide bonds. The summed E-state index contributed by atoms with van der Waals surface area (Å²) in [6.07, 6.45) is -0.416. The third-order valence-corrected chi connectivity index (χ3v) is 2.22. The molecule has 92 valence electrons. The first-order valence-corrected chi connectivity index (χ1v) is 5.81. The number of ether oxygens (including phenoxy) is 1. The van der Waals surface area contributed by atoms with Crippen LogP contribution in [0.5, 0.6) is 5.75 Å². The molecule has 0 bridgehead atoms. The lowest BCUT2D eigenvalue weighted by molar-refractivity contribution is 0.276. The first-order chi connectivity index (χ1) is 7.90. The highest BCUT2D eigenvalue weighted by molar-refractivity contribution is 5.29. The van der Waals surface area contributed by atoms with E-state index in [1.807, 2.05) is 24.3 Å². The second-order valence-electron chi connectivity index (χ2n) is 5.14. The second kappa shape index (κ2) is 5.70. The van der Waals surface area contributed by atoms with Crippen molar-refractivity contribution in [3.05, 3.63) is 29.8 Å². The van der Waals surface area contributed by atoms with Crippen molar-refractivity contribution in [2.75, 3.05) is 0 Å². The van der Waals surface area contributed by atoms with Crippen molar-refractivity contribution >= 4 is 0 Å². The average molecular weight is 232 g/mol. The van der Waals surface area contributed by atoms with Gasteiger partial charge >= 0.3 is 0 Å². The largest absolute Gasteiger partial charge is 0.476 e. The van der Waals surface area contributed by atoms with E-state index >= 15 is 0 Å². The van der Waals surface area contributed by atoms with Crippen LogP contribution in [0.2, 0.25) is 0 Å². The fourth-order valence-corrected chi connectivity index (χ4v) is 1.33. The van der Waals surface area contributed by atoms with Gasteiger partial charge in [-0.1, -0.05) is 12.1 Å². The number of hydrogen-bond donors (Lipinski definition) is 1. The molecular weight excluding hydrogens is 212 g/mol. The Morgan fingerprint density at radius 1 is 1.41 bits per heavy atom. The number of nitriles is 1. The molecular formula is C14H20N2O. The Balaban J connectivity index is 2.63. The molecule has 1 unspecified atom stereocenters. The molecule has 1 rings (SSSR count). The predicted octanol–water partition coefficient (Wildman–Crippen LogP) is 2.87. The lowest BCUT2D eigenvalue weighted by atomic mass is 10.1. The Morgan fingerprint density at radius 2 is 2.12 bits per heavy atom. The fourth-order valence-electron chi connectivity index (χ4n) is 1.33. The van der Waals surface area contributed by atoms with Crippen molar-refractivity contribution in [1.82, 2.24) is 5.32 Å². The van der Waals surface area contributed by atoms with Gasteiger partial charge < -0.3 is 10.1 Å². The van der Waals surface area contributed by atoms with E-state index in [0.29, 0.717) is 0 Å². The van der Waals surface area contributed by atoms with Crippen molar-refractivity contribution in [3.63, 3.8) is 0 Å². The van der Waals surface area contributed by atoms with Gasteiger partial charge in [0.1, 0.15) is 11.8 Å². The normalized spacial score (nSPS) is 12.9. The van der Waals surface area contributed by atoms with Crippen LogP contribution in [0.4, 0.5) is 0 Å². The van der Waals surface area contributed by atoms with Crippen LogP contribution in [0, 0.1) is 11.3 Å². The minimum absolute atomic E-state index is 0.0941. The van der Waals surface area contributed by atoms with E-state index in [2.05, 4.69) is 32.2 Å². The molecule has 1 N–H and O–H groups in total. The topological polar surface area (TPSA) is 45.0 Å². The van der Waals surface area contributed by atoms with Crippen LogP contribution in [0.15, 0.2) is 24.3 Å². The zero-order valence-corrected chi connectivity index (χ0v) is 10.9. The molecule has 0 heterocycles. The van der Waals surface area contributed by atoms with Crippen molar-refractivity contribution in [2.45, 2.75) is 45.9 Å². The third kappa shape index (κ3) is 5.37. The van der Waals surface area contributed by atoms with Gasteiger partial charge in [0.05, 0.1) is 0 Å². The van der Waals surface area contributed by atoms with Crippen LogP contribution in [0.25, 0.3) is 0 Å². The van der Waals surface area contributed by atoms with Gasteiger partial charge in [0.15, 0.2) is 6.10 Å². The highest BCUT2D eigenvalue weighted by atomic mass is 16.5. The van der Waals surface area contributed by atoms with Crippen LogP contribution in [0.1, 0.15) is 33.3 Å². The Hall–Kier alpha value is -1.53. The highest BCUT2D eigenvalue weighted by Gasteiger charge is 2.09. The summed E-state index contributed by atoms with van der Waals surface area (Å²) in [5, 5.41) is 12.1. The van der Waals surface area contributed by atoms with Gasteiger partial charge in [0.25, 0.3) is 0 Å². The van der Waals surface area contributed by atoms with E-state index in [-0.39, 0.29) is 5.54 Å². The summed E-state index contributed by atoms with van der Waals surface area (Å²) >= 11 is 0. The maximum Gasteiger partial charge on any atom is 0.181 e. The Bertz CT molecular complexity index is 401. The lowest BCUT2D eigenvalue weighted by Gasteiger charge is -2.20. The molecule has 0 spiro atoms. The molecule has 0 aliphatic heterocycles. The van der Waals surface area contributed by atoms with E-state index < -0.39 is 6.10 Å². The van der Waals surface area contributed by atoms with Crippen molar-refractivity contribution in [3.8, 4) is 11.8 Å². The molecule has 0 aliphatic carbocycles. The molecule has 0 saturated heterocycles. The zero-order chi connectivity index (χ0) is 12.9. The zero-order valence-electron chi connectivity index (χ0n) is 10.9. The van der Waals surface area contributed by atoms with Crippen molar-refractivity contribution in [1.29, 1.82) is 5.26 Å². The van der Waals surface area contributed by atoms with Gasteiger partial charge in [0.2, 0.25) is 0 Å². The van der Waals surface area contributed by atoms with E-state index in [4.69, 9.17) is 10.00 Å². The number of hydrogen-bond acceptors (Lipinski definition) is 3. The van der Waals surface area contributed by atoms with E-state index in [1.54, 1.807) is 6.92 Å². The second-order valence-corrected chi connectivity index (χ2v) is 5.14. The summed E-state index contributed by atoms with van der Waals surface area (Å²) in [6.45, 7) is 8.92. The minimum Gasteiger partial charge on any atom is -0.476 e. The number of nitrogens with zero attached hydrogens (tertiary/aromatic N) is 1. The van der Waals surface area contributed by atoms with Crippen LogP contribution in [-0.4, -0.2) is 11.6 Å². The quantitative estimate of drug-likeness (QED) is 0.868. The summed E-state index contributed by atoms with van der Waals surface area (Å²) < 4.78 is 5.45. The van der Waals surface area contributed by atoms with Gasteiger partial charge in [0, 0.05) is 12.1 Å². The average Bonchev–Trinajstić information content (AvgIpc) is 2.26. The molecule has 0 aromatic heterocycles. The molecule has 0 saturated carbocycles. The predicted molar refractivity (Wildman–Crippen MR) is 68.7 cm³/mol. The monoisotopic (exact) mass is 232 g/mol. The Morgan fingerprint density at radius 3 is 2.71 bits per heavy atom. The molecule has 0 fully saturated rings. The van der Waals surface area contributed by atoms with E-state index in [0.717, 1.165) is 17.9 Å². The molecule has 1 aromatic rings. The molecule has 1 aromatic carbocycles. The Labute approximate surface area is 103 Å². The van der Waals surface area contributed by atoms with Crippen molar-refractivity contribution < 1.29 is 4.74 Å². The summed E-state index contributed by atoms with van der Waals surface area (Å²) in [7, 11) is 0. The van der Waals surface area contributed by atoms with Crippen LogP contribution in [0.3, 0.4) is 0 Å². The summed E-state index contributed by atoms with van der Waals surface area (Å²) in [5.41, 5.74) is 1.25. The summed E-state index contributed by atoms with van der Waals surface area (Å²) in [5.74, 6) is 0.743. The van der Waals surface area contributed by atoms with Gasteiger partial charge in [-0.3, -0.25) is 0 Å². The van der Waals surface area contributed by atoms with Gasteiger partial charge in [-0.15, -0.1) is 0 Å². The number of benzene rings is 1. The first kappa shape index (κ1) is 13.5. The molecule has 1 atom stereocenters. The highest BCUT2D eigenvalue weighted by Crippen LogP contribution is 2.15. The fraction of sp³-hybridized carbons (Fsp3) is 0.500. The Kier molecular flexibility index (Phi) is 4.53. The summed E-state index contributed by atoms with van der Waals surface area (Å²) in [6, 6.07) is 9.87. The molecule has 3 nitrogen and oxygen atoms in total. The first-order valence-electron chi connectivity index (χ1n) is 5.81. The van der Waals surface area contributed by atoms with Crippen LogP contribution in [-0.2, 0) is 6.54 Å². The molecule has 3 heteroatoms. The van der Waals surface area contributed by atoms with Crippen LogP contribution >= 0.6 is 0 Å². The summed E-state index contributed by atoms with van der Waals surface area (Å²) in [4.78, 5) is 0. The van der Waals surface area contributed by atoms with Gasteiger partial charge in [-0.25, -0.2) is 0 Å². The van der Waals surface area contributed by atoms with Gasteiger partial charge in [-0.05, 0) is 45.4 Å². The number of nitrogens with one attached hydrogen (secondary N) is 1. The van der Waals surface area contributed by atoms with Crippen LogP contribution < -0.4 is 10.1 Å². The maximum atomic E-state index is 8.69. The number of rotatable bonds is 4.